The summed E-state index contributed by atoms with van der Waals surface area (Å²) in [6.07, 6.45) is 0. The molecule has 0 saturated carbocycles. The minimum atomic E-state index is -0.918. The predicted molar refractivity (Wildman–Crippen MR) is 114 cm³/mol. The highest BCUT2D eigenvalue weighted by atomic mass is 19.1. The number of carbonyl (C=O) groups is 2. The van der Waals surface area contributed by atoms with Crippen LogP contribution in [0.25, 0.3) is 0 Å². The molecule has 8 nitrogen and oxygen atoms in total. The van der Waals surface area contributed by atoms with Gasteiger partial charge in [-0.2, -0.15) is 0 Å². The highest BCUT2D eigenvalue weighted by Crippen LogP contribution is 2.20. The van der Waals surface area contributed by atoms with Gasteiger partial charge in [-0.15, -0.1) is 0 Å². The largest absolute Gasteiger partial charge is 0.456 e. The number of esters is 2. The summed E-state index contributed by atoms with van der Waals surface area (Å²) in [5, 5.41) is 10.5. The van der Waals surface area contributed by atoms with Gasteiger partial charge in [0, 0.05) is 17.8 Å². The third-order valence-electron chi connectivity index (χ3n) is 3.39. The lowest BCUT2D eigenvalue weighted by molar-refractivity contribution is -0.384. The van der Waals surface area contributed by atoms with E-state index in [9.17, 15) is 28.5 Å². The Hall–Kier alpha value is -3.56. The van der Waals surface area contributed by atoms with Gasteiger partial charge >= 0.3 is 11.9 Å². The van der Waals surface area contributed by atoms with Crippen LogP contribution < -0.4 is 5.73 Å². The number of hydrogen-bond acceptors (Lipinski definition) is 7. The molecule has 0 aliphatic rings. The van der Waals surface area contributed by atoms with Gasteiger partial charge in [0.15, 0.2) is 0 Å². The maximum Gasteiger partial charge on any atom is 0.341 e. The second kappa shape index (κ2) is 10.2. The molecule has 174 valence electrons. The molecule has 0 amide bonds. The van der Waals surface area contributed by atoms with Gasteiger partial charge in [-0.1, -0.05) is 0 Å². The van der Waals surface area contributed by atoms with E-state index in [0.29, 0.717) is 5.69 Å². The van der Waals surface area contributed by atoms with Gasteiger partial charge in [-0.05, 0) is 65.8 Å². The summed E-state index contributed by atoms with van der Waals surface area (Å²) in [6.45, 7) is 10.0. The van der Waals surface area contributed by atoms with Crippen LogP contribution in [0.2, 0.25) is 0 Å². The average molecular weight is 452 g/mol. The third kappa shape index (κ3) is 8.66. The molecule has 0 heterocycles. The second-order valence-electron chi connectivity index (χ2n) is 8.66. The third-order valence-corrected chi connectivity index (χ3v) is 3.39. The SMILES string of the molecule is CC(C)(C)OC(=O)c1cc(N)ccc1F.CC(C)(C)OC(=O)c1cc([N+](=O)[O-])ccc1F. The van der Waals surface area contributed by atoms with Crippen molar-refractivity contribution in [2.45, 2.75) is 52.7 Å². The Balaban J connectivity index is 0.000000323. The Kier molecular flexibility index (Phi) is 8.41. The average Bonchev–Trinajstić information content (AvgIpc) is 2.61. The van der Waals surface area contributed by atoms with Gasteiger partial charge in [-0.25, -0.2) is 18.4 Å². The van der Waals surface area contributed by atoms with Crippen molar-refractivity contribution in [2.75, 3.05) is 5.73 Å². The van der Waals surface area contributed by atoms with E-state index in [0.717, 1.165) is 24.3 Å². The Bertz CT molecular complexity index is 1010. The number of halogens is 2. The van der Waals surface area contributed by atoms with Crippen LogP contribution in [0.3, 0.4) is 0 Å². The van der Waals surface area contributed by atoms with Crippen LogP contribution in [0.1, 0.15) is 62.3 Å². The highest BCUT2D eigenvalue weighted by molar-refractivity contribution is 5.91. The summed E-state index contributed by atoms with van der Waals surface area (Å²) in [6, 6.07) is 6.53. The molecule has 2 aromatic carbocycles. The van der Waals surface area contributed by atoms with Gasteiger partial charge in [0.2, 0.25) is 0 Å². The van der Waals surface area contributed by atoms with Crippen LogP contribution in [-0.2, 0) is 9.47 Å². The van der Waals surface area contributed by atoms with Gasteiger partial charge < -0.3 is 15.2 Å². The lowest BCUT2D eigenvalue weighted by Gasteiger charge is -2.19. The molecule has 0 radical (unpaired) electrons. The summed E-state index contributed by atoms with van der Waals surface area (Å²) >= 11 is 0. The Morgan fingerprint density at radius 3 is 1.66 bits per heavy atom. The van der Waals surface area contributed by atoms with Crippen molar-refractivity contribution in [1.82, 2.24) is 0 Å². The molecule has 0 bridgehead atoms. The number of non-ortho nitro benzene ring substituents is 1. The molecular weight excluding hydrogens is 426 g/mol. The highest BCUT2D eigenvalue weighted by Gasteiger charge is 2.23. The summed E-state index contributed by atoms with van der Waals surface area (Å²) < 4.78 is 36.5. The molecule has 0 saturated heterocycles. The number of ether oxygens (including phenoxy) is 2. The van der Waals surface area contributed by atoms with Crippen LogP contribution in [-0.4, -0.2) is 28.1 Å². The molecule has 0 aromatic heterocycles. The maximum absolute atomic E-state index is 13.3. The van der Waals surface area contributed by atoms with Crippen molar-refractivity contribution in [3.05, 3.63) is 69.3 Å². The van der Waals surface area contributed by atoms with Crippen molar-refractivity contribution in [1.29, 1.82) is 0 Å². The standard InChI is InChI=1S/C11H12FNO4.C11H14FNO2/c1-11(2,3)17-10(14)8-6-7(13(15)16)4-5-9(8)12;1-11(2,3)15-10(14)8-6-7(13)4-5-9(8)12/h4-6H,1-3H3;4-6H,13H2,1-3H3. The lowest BCUT2D eigenvalue weighted by atomic mass is 10.1. The van der Waals surface area contributed by atoms with E-state index in [2.05, 4.69) is 0 Å². The maximum atomic E-state index is 13.3. The zero-order valence-electron chi connectivity index (χ0n) is 18.7. The number of nitro groups is 1. The molecule has 2 rings (SSSR count). The van der Waals surface area contributed by atoms with Gasteiger partial charge in [0.05, 0.1) is 10.5 Å². The number of nitrogens with zero attached hydrogens (tertiary/aromatic N) is 1. The first-order valence-corrected chi connectivity index (χ1v) is 9.46. The number of hydrogen-bond donors (Lipinski definition) is 1. The molecular formula is C22H26F2N2O6. The first kappa shape index (κ1) is 26.5. The van der Waals surface area contributed by atoms with Crippen LogP contribution in [0.15, 0.2) is 36.4 Å². The van der Waals surface area contributed by atoms with E-state index in [1.54, 1.807) is 41.5 Å². The topological polar surface area (TPSA) is 122 Å². The summed E-state index contributed by atoms with van der Waals surface area (Å²) in [5.74, 6) is -3.09. The van der Waals surface area contributed by atoms with Crippen LogP contribution in [0, 0.1) is 21.7 Å². The Labute approximate surface area is 184 Å². The van der Waals surface area contributed by atoms with E-state index >= 15 is 0 Å². The van der Waals surface area contributed by atoms with E-state index in [-0.39, 0.29) is 11.3 Å². The molecule has 0 aliphatic carbocycles. The van der Waals surface area contributed by atoms with Gasteiger partial charge in [-0.3, -0.25) is 10.1 Å². The number of carbonyl (C=O) groups excluding carboxylic acids is 2. The zero-order chi connectivity index (χ0) is 24.9. The van der Waals surface area contributed by atoms with Crippen molar-refractivity contribution >= 4 is 23.3 Å². The van der Waals surface area contributed by atoms with Gasteiger partial charge in [0.25, 0.3) is 5.69 Å². The summed E-state index contributed by atoms with van der Waals surface area (Å²) in [7, 11) is 0. The monoisotopic (exact) mass is 452 g/mol. The van der Waals surface area contributed by atoms with Crippen LogP contribution in [0.4, 0.5) is 20.2 Å². The quantitative estimate of drug-likeness (QED) is 0.299. The molecule has 32 heavy (non-hydrogen) atoms. The minimum absolute atomic E-state index is 0.134. The first-order chi connectivity index (χ1) is 14.5. The fraction of sp³-hybridized carbons (Fsp3) is 0.364. The minimum Gasteiger partial charge on any atom is -0.456 e. The lowest BCUT2D eigenvalue weighted by Crippen LogP contribution is -2.24. The molecule has 10 heteroatoms. The second-order valence-corrected chi connectivity index (χ2v) is 8.66. The zero-order valence-corrected chi connectivity index (χ0v) is 18.7. The Morgan fingerprint density at radius 2 is 1.25 bits per heavy atom. The number of nitrogens with two attached hydrogens (primary N) is 1. The van der Waals surface area contributed by atoms with Crippen LogP contribution in [0.5, 0.6) is 0 Å². The molecule has 2 N–H and O–H groups in total. The van der Waals surface area contributed by atoms with E-state index in [1.807, 2.05) is 0 Å². The molecule has 2 aromatic rings. The number of rotatable bonds is 3. The fourth-order valence-electron chi connectivity index (χ4n) is 2.15. The molecule has 0 fully saturated rings. The predicted octanol–water partition coefficient (Wildman–Crippen LogP) is 5.05. The summed E-state index contributed by atoms with van der Waals surface area (Å²) in [5.41, 5.74) is 3.43. The number of nitrogen functional groups attached to an aromatic ring is 1. The smallest absolute Gasteiger partial charge is 0.341 e. The van der Waals surface area contributed by atoms with E-state index in [1.165, 1.54) is 12.1 Å². The molecule has 0 atom stereocenters. The fourth-order valence-corrected chi connectivity index (χ4v) is 2.15. The van der Waals surface area contributed by atoms with Crippen molar-refractivity contribution in [3.8, 4) is 0 Å². The van der Waals surface area contributed by atoms with Crippen molar-refractivity contribution < 1.29 is 32.8 Å². The number of benzene rings is 2. The molecule has 0 aliphatic heterocycles. The number of nitro benzene ring substituents is 1. The summed E-state index contributed by atoms with van der Waals surface area (Å²) in [4.78, 5) is 32.9. The van der Waals surface area contributed by atoms with Crippen molar-refractivity contribution in [2.24, 2.45) is 0 Å². The van der Waals surface area contributed by atoms with Gasteiger partial charge in [0.1, 0.15) is 28.4 Å². The van der Waals surface area contributed by atoms with Crippen molar-refractivity contribution in [3.63, 3.8) is 0 Å². The number of anilines is 1. The molecule has 0 spiro atoms. The van der Waals surface area contributed by atoms with Crippen LogP contribution >= 0.6 is 0 Å². The Morgan fingerprint density at radius 1 is 0.844 bits per heavy atom. The first-order valence-electron chi connectivity index (χ1n) is 9.46. The van der Waals surface area contributed by atoms with E-state index < -0.39 is 45.3 Å². The van der Waals surface area contributed by atoms with E-state index in [4.69, 9.17) is 15.2 Å². The normalized spacial score (nSPS) is 11.1. The molecule has 0 unspecified atom stereocenters.